The van der Waals surface area contributed by atoms with Gasteiger partial charge >= 0.3 is 0 Å². The number of hydrogen-bond donors (Lipinski definition) is 2. The zero-order valence-electron chi connectivity index (χ0n) is 14.4. The predicted octanol–water partition coefficient (Wildman–Crippen LogP) is 3.14. The molecule has 0 amide bonds. The predicted molar refractivity (Wildman–Crippen MR) is 98.7 cm³/mol. The van der Waals surface area contributed by atoms with Crippen LogP contribution in [0.5, 0.6) is 0 Å². The number of anilines is 1. The van der Waals surface area contributed by atoms with Gasteiger partial charge in [-0.2, -0.15) is 0 Å². The van der Waals surface area contributed by atoms with Crippen LogP contribution in [0, 0.1) is 12.7 Å². The van der Waals surface area contributed by atoms with Crippen molar-refractivity contribution in [2.24, 2.45) is 5.73 Å². The fourth-order valence-electron chi connectivity index (χ4n) is 3.75. The first-order valence-electron chi connectivity index (χ1n) is 8.80. The highest BCUT2D eigenvalue weighted by Gasteiger charge is 2.25. The minimum absolute atomic E-state index is 0.0743. The second-order valence-corrected chi connectivity index (χ2v) is 6.94. The summed E-state index contributed by atoms with van der Waals surface area (Å²) in [7, 11) is 0. The van der Waals surface area contributed by atoms with E-state index in [0.29, 0.717) is 5.56 Å². The Morgan fingerprint density at radius 3 is 2.84 bits per heavy atom. The summed E-state index contributed by atoms with van der Waals surface area (Å²) in [5.74, 6) is 0.809. The van der Waals surface area contributed by atoms with E-state index in [1.54, 1.807) is 6.07 Å². The van der Waals surface area contributed by atoms with Crippen LogP contribution in [-0.2, 0) is 0 Å². The number of benzene rings is 1. The second kappa shape index (κ2) is 6.48. The Bertz CT molecular complexity index is 797. The van der Waals surface area contributed by atoms with Gasteiger partial charge in [0.05, 0.1) is 11.7 Å². The van der Waals surface area contributed by atoms with Gasteiger partial charge in [-0.15, -0.1) is 0 Å². The van der Waals surface area contributed by atoms with Crippen molar-refractivity contribution in [3.05, 3.63) is 65.2 Å². The quantitative estimate of drug-likeness (QED) is 0.903. The minimum Gasteiger partial charge on any atom is -0.382 e. The molecule has 0 radical (unpaired) electrons. The lowest BCUT2D eigenvalue weighted by molar-refractivity contribution is 0.619. The lowest BCUT2D eigenvalue weighted by Gasteiger charge is -2.19. The summed E-state index contributed by atoms with van der Waals surface area (Å²) in [5.41, 5.74) is 9.66. The molecule has 3 heterocycles. The summed E-state index contributed by atoms with van der Waals surface area (Å²) in [4.78, 5) is 7.06. The maximum Gasteiger partial charge on any atom is 0.131 e. The van der Waals surface area contributed by atoms with Crippen LogP contribution in [0.15, 0.2) is 42.6 Å². The van der Waals surface area contributed by atoms with Gasteiger partial charge in [-0.3, -0.25) is 0 Å². The Balaban J connectivity index is 1.53. The molecule has 1 unspecified atom stereocenters. The highest BCUT2D eigenvalue weighted by molar-refractivity contribution is 5.70. The van der Waals surface area contributed by atoms with Gasteiger partial charge < -0.3 is 16.0 Å². The van der Waals surface area contributed by atoms with Crippen molar-refractivity contribution < 1.29 is 4.39 Å². The van der Waals surface area contributed by atoms with E-state index in [1.165, 1.54) is 6.07 Å². The maximum absolute atomic E-state index is 14.2. The molecule has 2 atom stereocenters. The minimum atomic E-state index is -0.165. The monoisotopic (exact) mass is 338 g/mol. The molecule has 1 aromatic carbocycles. The number of pyridine rings is 1. The van der Waals surface area contributed by atoms with E-state index in [1.807, 2.05) is 37.4 Å². The van der Waals surface area contributed by atoms with E-state index >= 15 is 0 Å². The molecule has 2 aromatic rings. The molecule has 2 aliphatic rings. The topological polar surface area (TPSA) is 54.2 Å². The Labute approximate surface area is 147 Å². The summed E-state index contributed by atoms with van der Waals surface area (Å²) in [5, 5.41) is 3.37. The van der Waals surface area contributed by atoms with Crippen molar-refractivity contribution in [3.63, 3.8) is 0 Å². The molecule has 5 heteroatoms. The summed E-state index contributed by atoms with van der Waals surface area (Å²) in [6.45, 7) is 3.75. The van der Waals surface area contributed by atoms with Gasteiger partial charge in [-0.05, 0) is 42.7 Å². The smallest absolute Gasteiger partial charge is 0.131 e. The first kappa shape index (κ1) is 16.1. The van der Waals surface area contributed by atoms with Crippen molar-refractivity contribution in [2.45, 2.75) is 31.8 Å². The van der Waals surface area contributed by atoms with Gasteiger partial charge in [0.25, 0.3) is 0 Å². The van der Waals surface area contributed by atoms with Crippen LogP contribution in [0.4, 0.5) is 10.2 Å². The summed E-state index contributed by atoms with van der Waals surface area (Å²) in [6.07, 6.45) is 3.67. The number of hydrogen-bond acceptors (Lipinski definition) is 4. The molecule has 0 spiro atoms. The molecular formula is C20H23FN4. The molecule has 4 nitrogen and oxygen atoms in total. The molecule has 3 N–H and O–H groups in total. The molecular weight excluding hydrogens is 315 g/mol. The third-order valence-electron chi connectivity index (χ3n) is 5.09. The summed E-state index contributed by atoms with van der Waals surface area (Å²) < 4.78 is 14.2. The maximum atomic E-state index is 14.2. The van der Waals surface area contributed by atoms with Gasteiger partial charge in [-0.1, -0.05) is 18.2 Å². The van der Waals surface area contributed by atoms with Gasteiger partial charge in [0.1, 0.15) is 11.6 Å². The lowest BCUT2D eigenvalue weighted by atomic mass is 9.96. The summed E-state index contributed by atoms with van der Waals surface area (Å²) in [6, 6.07) is 11.6. The third kappa shape index (κ3) is 3.12. The molecule has 1 fully saturated rings. The highest BCUT2D eigenvalue weighted by Crippen LogP contribution is 2.34. The van der Waals surface area contributed by atoms with Crippen LogP contribution < -0.4 is 16.0 Å². The van der Waals surface area contributed by atoms with Crippen LogP contribution in [0.2, 0.25) is 0 Å². The van der Waals surface area contributed by atoms with Crippen molar-refractivity contribution in [2.75, 3.05) is 18.0 Å². The van der Waals surface area contributed by atoms with Gasteiger partial charge in [0.2, 0.25) is 0 Å². The van der Waals surface area contributed by atoms with Crippen LogP contribution in [0.25, 0.3) is 5.57 Å². The van der Waals surface area contributed by atoms with Crippen LogP contribution in [0.1, 0.15) is 35.7 Å². The molecule has 0 aliphatic carbocycles. The molecule has 1 aromatic heterocycles. The fourth-order valence-corrected chi connectivity index (χ4v) is 3.75. The highest BCUT2D eigenvalue weighted by atomic mass is 19.1. The Morgan fingerprint density at radius 2 is 2.08 bits per heavy atom. The van der Waals surface area contributed by atoms with E-state index in [4.69, 9.17) is 10.7 Å². The summed E-state index contributed by atoms with van der Waals surface area (Å²) >= 11 is 0. The zero-order chi connectivity index (χ0) is 17.4. The zero-order valence-corrected chi connectivity index (χ0v) is 14.4. The number of nitrogens with two attached hydrogens (primary N) is 1. The van der Waals surface area contributed by atoms with Gasteiger partial charge in [0.15, 0.2) is 0 Å². The first-order valence-corrected chi connectivity index (χ1v) is 8.80. The Morgan fingerprint density at radius 1 is 1.24 bits per heavy atom. The van der Waals surface area contributed by atoms with Crippen molar-refractivity contribution in [3.8, 4) is 0 Å². The van der Waals surface area contributed by atoms with Crippen molar-refractivity contribution >= 4 is 11.4 Å². The molecule has 2 aliphatic heterocycles. The second-order valence-electron chi connectivity index (χ2n) is 6.94. The third-order valence-corrected chi connectivity index (χ3v) is 5.09. The van der Waals surface area contributed by atoms with E-state index < -0.39 is 0 Å². The number of aryl methyl sites for hydroxylation is 1. The largest absolute Gasteiger partial charge is 0.382 e. The van der Waals surface area contributed by atoms with E-state index in [0.717, 1.165) is 48.6 Å². The average Bonchev–Trinajstić information content (AvgIpc) is 3.24. The number of nitrogens with one attached hydrogen (secondary N) is 1. The number of nitrogens with zero attached hydrogens (tertiary/aromatic N) is 2. The molecule has 25 heavy (non-hydrogen) atoms. The van der Waals surface area contributed by atoms with Crippen LogP contribution in [0.3, 0.4) is 0 Å². The average molecular weight is 338 g/mol. The molecule has 0 bridgehead atoms. The van der Waals surface area contributed by atoms with Gasteiger partial charge in [-0.25, -0.2) is 9.37 Å². The first-order chi connectivity index (χ1) is 12.1. The molecule has 130 valence electrons. The SMILES string of the molecule is Cc1cccc(F)c1C1=CNC(c2cccc(N3CC[C@@H](N)C3)n2)C1. The van der Waals surface area contributed by atoms with Crippen LogP contribution >= 0.6 is 0 Å². The van der Waals surface area contributed by atoms with Crippen molar-refractivity contribution in [1.29, 1.82) is 0 Å². The normalized spacial score (nSPS) is 22.8. The number of halogens is 1. The Hall–Kier alpha value is -2.40. The van der Waals surface area contributed by atoms with Crippen LogP contribution in [-0.4, -0.2) is 24.1 Å². The molecule has 1 saturated heterocycles. The van der Waals surface area contributed by atoms with Crippen molar-refractivity contribution in [1.82, 2.24) is 10.3 Å². The lowest BCUT2D eigenvalue weighted by Crippen LogP contribution is -2.27. The standard InChI is InChI=1S/C20H23FN4/c1-13-4-2-5-16(21)20(13)14-10-18(23-11-14)17-6-3-7-19(24-17)25-9-8-15(22)12-25/h2-7,11,15,18,23H,8-10,12,22H2,1H3/t15-,18?/m1/s1. The van der Waals surface area contributed by atoms with E-state index in [-0.39, 0.29) is 17.9 Å². The Kier molecular flexibility index (Phi) is 4.17. The number of aromatic nitrogens is 1. The number of rotatable bonds is 3. The van der Waals surface area contributed by atoms with E-state index in [9.17, 15) is 4.39 Å². The van der Waals surface area contributed by atoms with E-state index in [2.05, 4.69) is 10.2 Å². The van der Waals surface area contributed by atoms with Gasteiger partial charge in [0, 0.05) is 37.3 Å². The molecule has 0 saturated carbocycles. The molecule has 4 rings (SSSR count). The fraction of sp³-hybridized carbons (Fsp3) is 0.350.